The van der Waals surface area contributed by atoms with E-state index in [1.165, 1.54) is 5.56 Å². The number of nitrogens with zero attached hydrogens (tertiary/aromatic N) is 1. The van der Waals surface area contributed by atoms with Gasteiger partial charge in [0.1, 0.15) is 0 Å². The minimum absolute atomic E-state index is 0.137. The molecule has 0 aliphatic heterocycles. The summed E-state index contributed by atoms with van der Waals surface area (Å²) in [7, 11) is 0. The van der Waals surface area contributed by atoms with Crippen molar-refractivity contribution in [2.75, 3.05) is 0 Å². The summed E-state index contributed by atoms with van der Waals surface area (Å²) in [5.74, 6) is 0.195. The topological polar surface area (TPSA) is 44.0 Å². The number of hydrogen-bond acceptors (Lipinski definition) is 2. The summed E-state index contributed by atoms with van der Waals surface area (Å²) in [5.41, 5.74) is 1.93. The molecule has 0 bridgehead atoms. The second kappa shape index (κ2) is 4.72. The maximum atomic E-state index is 11.1. The molecule has 0 spiro atoms. The van der Waals surface area contributed by atoms with Crippen LogP contribution in [0.3, 0.4) is 0 Å². The van der Waals surface area contributed by atoms with Crippen LogP contribution in [0, 0.1) is 22.7 Å². The van der Waals surface area contributed by atoms with Crippen LogP contribution in [-0.4, -0.2) is 5.11 Å². The van der Waals surface area contributed by atoms with Crippen molar-refractivity contribution in [1.29, 1.82) is 5.26 Å². The Balaban J connectivity index is 1.85. The van der Waals surface area contributed by atoms with Crippen molar-refractivity contribution in [3.05, 3.63) is 71.3 Å². The van der Waals surface area contributed by atoms with E-state index in [2.05, 4.69) is 19.9 Å². The standard InChI is InChI=1S/C19H19NO/c1-18(2)17(12-14-8-10-15(13-20)11-9-14)19(18,21)16-6-4-3-5-7-16/h3-11,17,21H,12H2,1-2H3/t17-,19+/m0/s1. The van der Waals surface area contributed by atoms with Crippen LogP contribution in [0.2, 0.25) is 0 Å². The van der Waals surface area contributed by atoms with Crippen LogP contribution in [0.15, 0.2) is 54.6 Å². The van der Waals surface area contributed by atoms with Gasteiger partial charge in [0.25, 0.3) is 0 Å². The molecule has 1 N–H and O–H groups in total. The SMILES string of the molecule is CC1(C)[C@H](Cc2ccc(C#N)cc2)[C@]1(O)c1ccccc1. The number of nitriles is 1. The van der Waals surface area contributed by atoms with E-state index >= 15 is 0 Å². The molecule has 2 nitrogen and oxygen atoms in total. The minimum Gasteiger partial charge on any atom is -0.384 e. The highest BCUT2D eigenvalue weighted by atomic mass is 16.3. The first-order valence-electron chi connectivity index (χ1n) is 7.27. The van der Waals surface area contributed by atoms with E-state index in [4.69, 9.17) is 5.26 Å². The van der Waals surface area contributed by atoms with Crippen LogP contribution >= 0.6 is 0 Å². The minimum atomic E-state index is -0.762. The third-order valence-corrected chi connectivity index (χ3v) is 5.01. The Bertz CT molecular complexity index is 682. The summed E-state index contributed by atoms with van der Waals surface area (Å²) in [6, 6.07) is 19.7. The van der Waals surface area contributed by atoms with Crippen LogP contribution in [0.5, 0.6) is 0 Å². The summed E-state index contributed by atoms with van der Waals surface area (Å²) >= 11 is 0. The van der Waals surface area contributed by atoms with E-state index < -0.39 is 5.60 Å². The van der Waals surface area contributed by atoms with Crippen LogP contribution in [0.1, 0.15) is 30.5 Å². The molecule has 21 heavy (non-hydrogen) atoms. The van der Waals surface area contributed by atoms with Gasteiger partial charge in [-0.25, -0.2) is 0 Å². The lowest BCUT2D eigenvalue weighted by atomic mass is 9.99. The van der Waals surface area contributed by atoms with Crippen LogP contribution in [0.4, 0.5) is 0 Å². The summed E-state index contributed by atoms with van der Waals surface area (Å²) in [6.07, 6.45) is 0.824. The molecule has 1 fully saturated rings. The summed E-state index contributed by atoms with van der Waals surface area (Å²) in [6.45, 7) is 4.24. The molecule has 2 aromatic carbocycles. The molecule has 1 aliphatic rings. The molecule has 0 amide bonds. The average molecular weight is 277 g/mol. The van der Waals surface area contributed by atoms with Gasteiger partial charge in [0, 0.05) is 11.3 Å². The van der Waals surface area contributed by atoms with Gasteiger partial charge in [-0.15, -0.1) is 0 Å². The van der Waals surface area contributed by atoms with Crippen LogP contribution in [-0.2, 0) is 12.0 Å². The van der Waals surface area contributed by atoms with Crippen molar-refractivity contribution < 1.29 is 5.11 Å². The van der Waals surface area contributed by atoms with Crippen molar-refractivity contribution in [2.45, 2.75) is 25.9 Å². The summed E-state index contributed by atoms with van der Waals surface area (Å²) in [4.78, 5) is 0. The van der Waals surface area contributed by atoms with E-state index in [9.17, 15) is 5.11 Å². The molecule has 0 saturated heterocycles. The van der Waals surface area contributed by atoms with Crippen molar-refractivity contribution in [2.24, 2.45) is 11.3 Å². The molecular formula is C19H19NO. The number of benzene rings is 2. The van der Waals surface area contributed by atoms with E-state index in [-0.39, 0.29) is 11.3 Å². The van der Waals surface area contributed by atoms with E-state index in [1.807, 2.05) is 54.6 Å². The summed E-state index contributed by atoms with van der Waals surface area (Å²) < 4.78 is 0. The van der Waals surface area contributed by atoms with Crippen molar-refractivity contribution in [1.82, 2.24) is 0 Å². The van der Waals surface area contributed by atoms with Crippen molar-refractivity contribution in [3.8, 4) is 6.07 Å². The molecule has 1 aliphatic carbocycles. The van der Waals surface area contributed by atoms with Gasteiger partial charge >= 0.3 is 0 Å². The van der Waals surface area contributed by atoms with Gasteiger partial charge in [-0.2, -0.15) is 5.26 Å². The third-order valence-electron chi connectivity index (χ3n) is 5.01. The molecule has 106 valence electrons. The second-order valence-corrected chi connectivity index (χ2v) is 6.42. The lowest BCUT2D eigenvalue weighted by Crippen LogP contribution is -2.13. The third kappa shape index (κ3) is 2.05. The lowest BCUT2D eigenvalue weighted by Gasteiger charge is -2.14. The fourth-order valence-corrected chi connectivity index (χ4v) is 3.47. The molecule has 0 radical (unpaired) electrons. The first kappa shape index (κ1) is 13.9. The molecule has 2 heteroatoms. The quantitative estimate of drug-likeness (QED) is 0.930. The monoisotopic (exact) mass is 277 g/mol. The van der Waals surface area contributed by atoms with Crippen LogP contribution < -0.4 is 0 Å². The largest absolute Gasteiger partial charge is 0.384 e. The predicted octanol–water partition coefficient (Wildman–Crippen LogP) is 3.64. The fourth-order valence-electron chi connectivity index (χ4n) is 3.47. The van der Waals surface area contributed by atoms with Crippen molar-refractivity contribution in [3.63, 3.8) is 0 Å². The van der Waals surface area contributed by atoms with E-state index in [0.29, 0.717) is 5.56 Å². The fraction of sp³-hybridized carbons (Fsp3) is 0.316. The van der Waals surface area contributed by atoms with E-state index in [0.717, 1.165) is 12.0 Å². The lowest BCUT2D eigenvalue weighted by molar-refractivity contribution is 0.0997. The normalized spacial score (nSPS) is 26.1. The highest BCUT2D eigenvalue weighted by Crippen LogP contribution is 2.68. The highest BCUT2D eigenvalue weighted by Gasteiger charge is 2.70. The molecule has 2 aromatic rings. The maximum Gasteiger partial charge on any atom is 0.0991 e. The maximum absolute atomic E-state index is 11.1. The Labute approximate surface area is 125 Å². The molecule has 2 atom stereocenters. The van der Waals surface area contributed by atoms with Crippen LogP contribution in [0.25, 0.3) is 0 Å². The number of rotatable bonds is 3. The zero-order valence-electron chi connectivity index (χ0n) is 12.4. The Kier molecular flexibility index (Phi) is 3.11. The Morgan fingerprint density at radius 1 is 1.05 bits per heavy atom. The average Bonchev–Trinajstić information content (AvgIpc) is 2.95. The molecule has 0 unspecified atom stereocenters. The second-order valence-electron chi connectivity index (χ2n) is 6.42. The molecule has 1 saturated carbocycles. The predicted molar refractivity (Wildman–Crippen MR) is 82.5 cm³/mol. The van der Waals surface area contributed by atoms with Gasteiger partial charge in [0.15, 0.2) is 0 Å². The number of aliphatic hydroxyl groups is 1. The Morgan fingerprint density at radius 2 is 1.67 bits per heavy atom. The molecule has 0 heterocycles. The Hall–Kier alpha value is -2.11. The van der Waals surface area contributed by atoms with Gasteiger partial charge in [0.2, 0.25) is 0 Å². The highest BCUT2D eigenvalue weighted by molar-refractivity contribution is 5.38. The van der Waals surface area contributed by atoms with Gasteiger partial charge in [-0.05, 0) is 29.7 Å². The summed E-state index contributed by atoms with van der Waals surface area (Å²) in [5, 5.41) is 19.9. The van der Waals surface area contributed by atoms with Gasteiger partial charge in [0.05, 0.1) is 17.2 Å². The van der Waals surface area contributed by atoms with Gasteiger partial charge in [-0.1, -0.05) is 56.3 Å². The van der Waals surface area contributed by atoms with Crippen molar-refractivity contribution >= 4 is 0 Å². The van der Waals surface area contributed by atoms with Gasteiger partial charge in [-0.3, -0.25) is 0 Å². The van der Waals surface area contributed by atoms with E-state index in [1.54, 1.807) is 0 Å². The Morgan fingerprint density at radius 3 is 2.24 bits per heavy atom. The molecule has 0 aromatic heterocycles. The smallest absolute Gasteiger partial charge is 0.0991 e. The molecular weight excluding hydrogens is 258 g/mol. The first-order valence-corrected chi connectivity index (χ1v) is 7.27. The zero-order chi connectivity index (χ0) is 15.1. The zero-order valence-corrected chi connectivity index (χ0v) is 12.4. The first-order chi connectivity index (χ1) is 10.00. The molecule has 3 rings (SSSR count). The van der Waals surface area contributed by atoms with Gasteiger partial charge < -0.3 is 5.11 Å². The number of hydrogen-bond donors (Lipinski definition) is 1.